The Morgan fingerprint density at radius 3 is 2.79 bits per heavy atom. The fourth-order valence-corrected chi connectivity index (χ4v) is 2.50. The van der Waals surface area contributed by atoms with E-state index in [0.717, 1.165) is 12.5 Å². The number of pyridine rings is 1. The quantitative estimate of drug-likeness (QED) is 0.791. The lowest BCUT2D eigenvalue weighted by molar-refractivity contribution is 0.477. The molecule has 0 aliphatic heterocycles. The Morgan fingerprint density at radius 1 is 1.57 bits per heavy atom. The molecule has 0 radical (unpaired) electrons. The number of nitrogens with two attached hydrogens (primary N) is 1. The minimum atomic E-state index is 0.190. The van der Waals surface area contributed by atoms with E-state index in [9.17, 15) is 0 Å². The van der Waals surface area contributed by atoms with Crippen molar-refractivity contribution < 1.29 is 0 Å². The summed E-state index contributed by atoms with van der Waals surface area (Å²) in [6.45, 7) is 5.27. The van der Waals surface area contributed by atoms with Crippen LogP contribution in [0.4, 0.5) is 0 Å². The molecule has 1 aliphatic rings. The zero-order chi connectivity index (χ0) is 10.2. The minimum absolute atomic E-state index is 0.190. The summed E-state index contributed by atoms with van der Waals surface area (Å²) >= 11 is 0. The number of hydrogen-bond donors (Lipinski definition) is 1. The maximum atomic E-state index is 5.89. The smallest absolute Gasteiger partial charge is 0.0480 e. The standard InChI is InChI=1S/C12H18N2/c1-9(2)10-7-12(10,8-13)11-5-3-4-6-14-11/h3-6,9-10H,7-8,13H2,1-2H3. The summed E-state index contributed by atoms with van der Waals surface area (Å²) in [6, 6.07) is 6.12. The first-order valence-corrected chi connectivity index (χ1v) is 5.32. The first-order valence-electron chi connectivity index (χ1n) is 5.32. The lowest BCUT2D eigenvalue weighted by Crippen LogP contribution is -2.24. The molecule has 2 heteroatoms. The molecule has 2 nitrogen and oxygen atoms in total. The van der Waals surface area contributed by atoms with E-state index in [2.05, 4.69) is 31.0 Å². The van der Waals surface area contributed by atoms with Gasteiger partial charge in [-0.05, 0) is 30.4 Å². The third kappa shape index (κ3) is 1.34. The van der Waals surface area contributed by atoms with Gasteiger partial charge in [0.15, 0.2) is 0 Å². The lowest BCUT2D eigenvalue weighted by Gasteiger charge is -2.15. The van der Waals surface area contributed by atoms with Gasteiger partial charge in [-0.1, -0.05) is 19.9 Å². The summed E-state index contributed by atoms with van der Waals surface area (Å²) in [7, 11) is 0. The largest absolute Gasteiger partial charge is 0.330 e. The van der Waals surface area contributed by atoms with Crippen molar-refractivity contribution in [2.24, 2.45) is 17.6 Å². The highest BCUT2D eigenvalue weighted by Crippen LogP contribution is 2.56. The molecular formula is C12H18N2. The molecular weight excluding hydrogens is 172 g/mol. The molecule has 0 bridgehead atoms. The van der Waals surface area contributed by atoms with Crippen LogP contribution in [-0.2, 0) is 5.41 Å². The van der Waals surface area contributed by atoms with Crippen molar-refractivity contribution in [3.63, 3.8) is 0 Å². The predicted octanol–water partition coefficient (Wildman–Crippen LogP) is 1.95. The number of hydrogen-bond acceptors (Lipinski definition) is 2. The highest BCUT2D eigenvalue weighted by atomic mass is 14.8. The van der Waals surface area contributed by atoms with Crippen molar-refractivity contribution in [3.05, 3.63) is 30.1 Å². The highest BCUT2D eigenvalue weighted by Gasteiger charge is 2.56. The summed E-state index contributed by atoms with van der Waals surface area (Å²) in [4.78, 5) is 4.44. The molecule has 1 aromatic heterocycles. The van der Waals surface area contributed by atoms with Crippen LogP contribution in [0.15, 0.2) is 24.4 Å². The van der Waals surface area contributed by atoms with Gasteiger partial charge >= 0.3 is 0 Å². The van der Waals surface area contributed by atoms with Gasteiger partial charge in [0.25, 0.3) is 0 Å². The van der Waals surface area contributed by atoms with E-state index in [4.69, 9.17) is 5.73 Å². The number of nitrogens with zero attached hydrogens (tertiary/aromatic N) is 1. The Bertz CT molecular complexity index is 307. The second-order valence-electron chi connectivity index (χ2n) is 4.63. The van der Waals surface area contributed by atoms with E-state index in [-0.39, 0.29) is 5.41 Å². The summed E-state index contributed by atoms with van der Waals surface area (Å²) in [5.74, 6) is 1.43. The third-order valence-electron chi connectivity index (χ3n) is 3.48. The molecule has 0 aromatic carbocycles. The Hall–Kier alpha value is -0.890. The first-order chi connectivity index (χ1) is 6.70. The van der Waals surface area contributed by atoms with E-state index >= 15 is 0 Å². The van der Waals surface area contributed by atoms with Gasteiger partial charge in [0.1, 0.15) is 0 Å². The van der Waals surface area contributed by atoms with E-state index in [0.29, 0.717) is 5.92 Å². The van der Waals surface area contributed by atoms with Gasteiger partial charge in [-0.2, -0.15) is 0 Å². The molecule has 2 unspecified atom stereocenters. The van der Waals surface area contributed by atoms with Gasteiger partial charge in [-0.3, -0.25) is 4.98 Å². The molecule has 2 atom stereocenters. The molecule has 1 aliphatic carbocycles. The van der Waals surface area contributed by atoms with Crippen molar-refractivity contribution in [3.8, 4) is 0 Å². The van der Waals surface area contributed by atoms with E-state index in [1.165, 1.54) is 12.1 Å². The SMILES string of the molecule is CC(C)C1CC1(CN)c1ccccn1. The second kappa shape index (κ2) is 3.35. The van der Waals surface area contributed by atoms with Crippen molar-refractivity contribution in [1.82, 2.24) is 4.98 Å². The van der Waals surface area contributed by atoms with Crippen LogP contribution >= 0.6 is 0 Å². The van der Waals surface area contributed by atoms with Crippen LogP contribution in [0.5, 0.6) is 0 Å². The van der Waals surface area contributed by atoms with Crippen molar-refractivity contribution in [2.45, 2.75) is 25.7 Å². The fourth-order valence-electron chi connectivity index (χ4n) is 2.50. The van der Waals surface area contributed by atoms with E-state index < -0.39 is 0 Å². The number of rotatable bonds is 3. The lowest BCUT2D eigenvalue weighted by atomic mass is 9.93. The van der Waals surface area contributed by atoms with Gasteiger partial charge in [0, 0.05) is 23.9 Å². The summed E-state index contributed by atoms with van der Waals surface area (Å²) in [5.41, 5.74) is 7.26. The van der Waals surface area contributed by atoms with Crippen molar-refractivity contribution in [2.75, 3.05) is 6.54 Å². The molecule has 1 aromatic rings. The maximum absolute atomic E-state index is 5.89. The van der Waals surface area contributed by atoms with Crippen molar-refractivity contribution >= 4 is 0 Å². The predicted molar refractivity (Wildman–Crippen MR) is 57.9 cm³/mol. The molecule has 1 heterocycles. The topological polar surface area (TPSA) is 38.9 Å². The minimum Gasteiger partial charge on any atom is -0.330 e. The molecule has 0 saturated heterocycles. The van der Waals surface area contributed by atoms with Crippen LogP contribution in [0.1, 0.15) is 26.0 Å². The van der Waals surface area contributed by atoms with Crippen molar-refractivity contribution in [1.29, 1.82) is 0 Å². The van der Waals surface area contributed by atoms with Gasteiger partial charge in [-0.15, -0.1) is 0 Å². The van der Waals surface area contributed by atoms with Gasteiger partial charge < -0.3 is 5.73 Å². The molecule has 2 N–H and O–H groups in total. The van der Waals surface area contributed by atoms with Crippen LogP contribution in [0.2, 0.25) is 0 Å². The molecule has 0 amide bonds. The zero-order valence-corrected chi connectivity index (χ0v) is 8.90. The monoisotopic (exact) mass is 190 g/mol. The molecule has 2 rings (SSSR count). The summed E-state index contributed by atoms with van der Waals surface area (Å²) in [5, 5.41) is 0. The Balaban J connectivity index is 2.25. The Labute approximate surface area is 85.5 Å². The molecule has 1 saturated carbocycles. The zero-order valence-electron chi connectivity index (χ0n) is 8.90. The molecule has 1 fully saturated rings. The summed E-state index contributed by atoms with van der Waals surface area (Å²) < 4.78 is 0. The second-order valence-corrected chi connectivity index (χ2v) is 4.63. The maximum Gasteiger partial charge on any atom is 0.0480 e. The van der Waals surface area contributed by atoms with Gasteiger partial charge in [0.2, 0.25) is 0 Å². The average molecular weight is 190 g/mol. The van der Waals surface area contributed by atoms with Crippen LogP contribution in [0.25, 0.3) is 0 Å². The Morgan fingerprint density at radius 2 is 2.36 bits per heavy atom. The highest BCUT2D eigenvalue weighted by molar-refractivity contribution is 5.28. The van der Waals surface area contributed by atoms with E-state index in [1.807, 2.05) is 12.3 Å². The van der Waals surface area contributed by atoms with Crippen LogP contribution < -0.4 is 5.73 Å². The average Bonchev–Trinajstić information content (AvgIpc) is 2.95. The van der Waals surface area contributed by atoms with E-state index in [1.54, 1.807) is 0 Å². The molecule has 14 heavy (non-hydrogen) atoms. The van der Waals surface area contributed by atoms with Gasteiger partial charge in [-0.25, -0.2) is 0 Å². The molecule has 0 spiro atoms. The van der Waals surface area contributed by atoms with Crippen LogP contribution in [0.3, 0.4) is 0 Å². The van der Waals surface area contributed by atoms with Crippen LogP contribution in [0, 0.1) is 11.8 Å². The number of aromatic nitrogens is 1. The van der Waals surface area contributed by atoms with Crippen LogP contribution in [-0.4, -0.2) is 11.5 Å². The summed E-state index contributed by atoms with van der Waals surface area (Å²) in [6.07, 6.45) is 3.07. The normalized spacial score (nSPS) is 30.7. The first kappa shape index (κ1) is 9.66. The fraction of sp³-hybridized carbons (Fsp3) is 0.583. The van der Waals surface area contributed by atoms with Gasteiger partial charge in [0.05, 0.1) is 0 Å². The molecule has 76 valence electrons. The Kier molecular flexibility index (Phi) is 2.31. The third-order valence-corrected chi connectivity index (χ3v) is 3.48.